The van der Waals surface area contributed by atoms with Gasteiger partial charge >= 0.3 is 5.97 Å². The fraction of sp³-hybridized carbons (Fsp3) is 0.562. The molecule has 4 rings (SSSR count). The summed E-state index contributed by atoms with van der Waals surface area (Å²) in [5.74, 6) is -1.17. The van der Waals surface area contributed by atoms with Crippen LogP contribution < -0.4 is 0 Å². The van der Waals surface area contributed by atoms with Crippen LogP contribution in [0.15, 0.2) is 24.3 Å². The van der Waals surface area contributed by atoms with Crippen LogP contribution in [0.25, 0.3) is 0 Å². The van der Waals surface area contributed by atoms with E-state index in [0.717, 1.165) is 5.56 Å². The quantitative estimate of drug-likeness (QED) is 0.907. The first-order valence-corrected chi connectivity index (χ1v) is 7.16. The van der Waals surface area contributed by atoms with Gasteiger partial charge in [-0.05, 0) is 62.4 Å². The Morgan fingerprint density at radius 1 is 1.16 bits per heavy atom. The first-order chi connectivity index (χ1) is 9.11. The Morgan fingerprint density at radius 2 is 1.68 bits per heavy atom. The van der Waals surface area contributed by atoms with E-state index in [4.69, 9.17) is 5.11 Å². The van der Waals surface area contributed by atoms with Crippen LogP contribution >= 0.6 is 0 Å². The minimum Gasteiger partial charge on any atom is -0.481 e. The molecule has 0 spiro atoms. The number of carbonyl (C=O) groups is 1. The molecule has 3 heterocycles. The topological polar surface area (TPSA) is 40.5 Å². The van der Waals surface area contributed by atoms with Crippen LogP contribution in [-0.4, -0.2) is 35.6 Å². The van der Waals surface area contributed by atoms with Crippen LogP contribution in [-0.2, 0) is 10.2 Å². The molecule has 3 aliphatic heterocycles. The number of carboxylic acid groups (broad SMARTS) is 1. The molecule has 0 amide bonds. The molecule has 19 heavy (non-hydrogen) atoms. The lowest BCUT2D eigenvalue weighted by Gasteiger charge is -2.49. The second-order valence-corrected chi connectivity index (χ2v) is 6.05. The molecule has 2 bridgehead atoms. The van der Waals surface area contributed by atoms with Crippen molar-refractivity contribution in [1.82, 2.24) is 4.90 Å². The molecule has 1 aromatic carbocycles. The minimum atomic E-state index is -0.753. The fourth-order valence-electron chi connectivity index (χ4n) is 3.53. The standard InChI is InChI=1S/C16H21NO2/c1-12(15(18)19)13-2-4-14(5-3-13)16-6-9-17(10-7-16)11-8-16/h2-5,12H,6-11H2,1H3,(H,18,19). The highest BCUT2D eigenvalue weighted by Crippen LogP contribution is 2.42. The normalized spacial score (nSPS) is 31.1. The smallest absolute Gasteiger partial charge is 0.310 e. The van der Waals surface area contributed by atoms with Gasteiger partial charge in [0.25, 0.3) is 0 Å². The maximum absolute atomic E-state index is 11.0. The summed E-state index contributed by atoms with van der Waals surface area (Å²) in [7, 11) is 0. The molecular weight excluding hydrogens is 238 g/mol. The molecule has 0 aromatic heterocycles. The van der Waals surface area contributed by atoms with Crippen molar-refractivity contribution in [3.63, 3.8) is 0 Å². The number of hydrogen-bond acceptors (Lipinski definition) is 2. The zero-order valence-corrected chi connectivity index (χ0v) is 11.4. The lowest BCUT2D eigenvalue weighted by molar-refractivity contribution is -0.138. The third kappa shape index (κ3) is 2.16. The van der Waals surface area contributed by atoms with Crippen LogP contribution in [0.3, 0.4) is 0 Å². The van der Waals surface area contributed by atoms with Gasteiger partial charge in [0.15, 0.2) is 0 Å². The van der Waals surface area contributed by atoms with Gasteiger partial charge in [0.1, 0.15) is 0 Å². The van der Waals surface area contributed by atoms with E-state index < -0.39 is 11.9 Å². The van der Waals surface area contributed by atoms with E-state index in [-0.39, 0.29) is 0 Å². The Bertz CT molecular complexity index is 458. The van der Waals surface area contributed by atoms with Gasteiger partial charge in [0, 0.05) is 0 Å². The zero-order valence-electron chi connectivity index (χ0n) is 11.4. The van der Waals surface area contributed by atoms with Crippen molar-refractivity contribution in [1.29, 1.82) is 0 Å². The van der Waals surface area contributed by atoms with E-state index in [0.29, 0.717) is 5.41 Å². The lowest BCUT2D eigenvalue weighted by atomic mass is 9.67. The van der Waals surface area contributed by atoms with Gasteiger partial charge < -0.3 is 10.0 Å². The number of rotatable bonds is 3. The number of nitrogens with zero attached hydrogens (tertiary/aromatic N) is 1. The first-order valence-electron chi connectivity index (χ1n) is 7.16. The van der Waals surface area contributed by atoms with Crippen molar-refractivity contribution in [2.45, 2.75) is 37.5 Å². The second kappa shape index (κ2) is 4.64. The molecule has 0 saturated carbocycles. The monoisotopic (exact) mass is 259 g/mol. The predicted octanol–water partition coefficient (Wildman–Crippen LogP) is 2.61. The first kappa shape index (κ1) is 12.7. The number of benzene rings is 1. The van der Waals surface area contributed by atoms with Gasteiger partial charge in [-0.15, -0.1) is 0 Å². The Balaban J connectivity index is 1.84. The third-order valence-corrected chi connectivity index (χ3v) is 5.11. The third-order valence-electron chi connectivity index (χ3n) is 5.11. The maximum atomic E-state index is 11.0. The van der Waals surface area contributed by atoms with E-state index in [2.05, 4.69) is 17.0 Å². The fourth-order valence-corrected chi connectivity index (χ4v) is 3.53. The van der Waals surface area contributed by atoms with Crippen molar-refractivity contribution in [2.24, 2.45) is 0 Å². The summed E-state index contributed by atoms with van der Waals surface area (Å²) < 4.78 is 0. The molecule has 1 atom stereocenters. The number of hydrogen-bond donors (Lipinski definition) is 1. The van der Waals surface area contributed by atoms with Crippen molar-refractivity contribution in [2.75, 3.05) is 19.6 Å². The van der Waals surface area contributed by atoms with E-state index in [1.165, 1.54) is 44.5 Å². The van der Waals surface area contributed by atoms with Crippen molar-refractivity contribution in [3.05, 3.63) is 35.4 Å². The molecule has 3 fully saturated rings. The predicted molar refractivity (Wildman–Crippen MR) is 74.5 cm³/mol. The van der Waals surface area contributed by atoms with Crippen molar-refractivity contribution < 1.29 is 9.90 Å². The van der Waals surface area contributed by atoms with Crippen LogP contribution in [0.2, 0.25) is 0 Å². The molecule has 0 radical (unpaired) electrons. The maximum Gasteiger partial charge on any atom is 0.310 e. The zero-order chi connectivity index (χ0) is 13.5. The molecule has 1 unspecified atom stereocenters. The van der Waals surface area contributed by atoms with Gasteiger partial charge in [-0.25, -0.2) is 0 Å². The van der Waals surface area contributed by atoms with Gasteiger partial charge in [-0.3, -0.25) is 4.79 Å². The molecule has 0 aliphatic carbocycles. The Hall–Kier alpha value is -1.35. The number of aliphatic carboxylic acids is 1. The average molecular weight is 259 g/mol. The average Bonchev–Trinajstić information content (AvgIpc) is 2.48. The number of piperidine rings is 3. The van der Waals surface area contributed by atoms with Crippen molar-refractivity contribution in [3.8, 4) is 0 Å². The molecule has 3 nitrogen and oxygen atoms in total. The largest absolute Gasteiger partial charge is 0.481 e. The summed E-state index contributed by atoms with van der Waals surface area (Å²) in [5, 5.41) is 9.05. The molecule has 1 N–H and O–H groups in total. The summed E-state index contributed by atoms with van der Waals surface area (Å²) >= 11 is 0. The van der Waals surface area contributed by atoms with Crippen LogP contribution in [0.5, 0.6) is 0 Å². The highest BCUT2D eigenvalue weighted by Gasteiger charge is 2.40. The highest BCUT2D eigenvalue weighted by atomic mass is 16.4. The van der Waals surface area contributed by atoms with Crippen LogP contribution in [0.4, 0.5) is 0 Å². The minimum absolute atomic E-state index is 0.361. The van der Waals surface area contributed by atoms with Gasteiger partial charge in [-0.2, -0.15) is 0 Å². The summed E-state index contributed by atoms with van der Waals surface area (Å²) in [6, 6.07) is 8.33. The van der Waals surface area contributed by atoms with Gasteiger partial charge in [-0.1, -0.05) is 24.3 Å². The molecule has 3 heteroatoms. The SMILES string of the molecule is CC(C(=O)O)c1ccc(C23CCN(CC2)CC3)cc1. The summed E-state index contributed by atoms with van der Waals surface area (Å²) in [4.78, 5) is 13.6. The Kier molecular flexibility index (Phi) is 3.09. The summed E-state index contributed by atoms with van der Waals surface area (Å²) in [5.41, 5.74) is 2.67. The summed E-state index contributed by atoms with van der Waals surface area (Å²) in [6.45, 7) is 5.39. The molecule has 102 valence electrons. The van der Waals surface area contributed by atoms with E-state index in [1.807, 2.05) is 12.1 Å². The Labute approximate surface area is 114 Å². The molecule has 3 saturated heterocycles. The van der Waals surface area contributed by atoms with E-state index in [1.54, 1.807) is 6.92 Å². The summed E-state index contributed by atoms with van der Waals surface area (Å²) in [6.07, 6.45) is 3.75. The van der Waals surface area contributed by atoms with Crippen LogP contribution in [0.1, 0.15) is 43.2 Å². The van der Waals surface area contributed by atoms with E-state index in [9.17, 15) is 4.79 Å². The van der Waals surface area contributed by atoms with Gasteiger partial charge in [0.05, 0.1) is 5.92 Å². The van der Waals surface area contributed by atoms with Crippen LogP contribution in [0, 0.1) is 0 Å². The molecular formula is C16H21NO2. The lowest BCUT2D eigenvalue weighted by Crippen LogP contribution is -2.50. The van der Waals surface area contributed by atoms with Crippen molar-refractivity contribution >= 4 is 5.97 Å². The second-order valence-electron chi connectivity index (χ2n) is 6.05. The van der Waals surface area contributed by atoms with E-state index >= 15 is 0 Å². The molecule has 1 aromatic rings. The highest BCUT2D eigenvalue weighted by molar-refractivity contribution is 5.75. The van der Waals surface area contributed by atoms with Gasteiger partial charge in [0.2, 0.25) is 0 Å². The molecule has 3 aliphatic rings. The Morgan fingerprint density at radius 3 is 2.16 bits per heavy atom. The number of fused-ring (bicyclic) bond motifs is 3. The number of carboxylic acids is 1.